The molecule has 3 heteroatoms. The molecule has 0 atom stereocenters. The summed E-state index contributed by atoms with van der Waals surface area (Å²) in [5.41, 5.74) is 0.685. The van der Waals surface area contributed by atoms with Gasteiger partial charge in [0.25, 0.3) is 0 Å². The second-order valence-corrected chi connectivity index (χ2v) is 5.35. The number of hydrogen-bond acceptors (Lipinski definition) is 3. The van der Waals surface area contributed by atoms with E-state index in [1.807, 2.05) is 12.1 Å². The Morgan fingerprint density at radius 1 is 1.33 bits per heavy atom. The Morgan fingerprint density at radius 3 is 2.61 bits per heavy atom. The second-order valence-electron chi connectivity index (χ2n) is 5.35. The minimum Gasteiger partial charge on any atom is -0.359 e. The summed E-state index contributed by atoms with van der Waals surface area (Å²) in [4.78, 5) is 17.8. The van der Waals surface area contributed by atoms with Crippen LogP contribution in [0.5, 0.6) is 0 Å². The van der Waals surface area contributed by atoms with E-state index in [-0.39, 0.29) is 5.78 Å². The van der Waals surface area contributed by atoms with Crippen molar-refractivity contribution in [3.05, 3.63) is 23.9 Å². The largest absolute Gasteiger partial charge is 0.359 e. The summed E-state index contributed by atoms with van der Waals surface area (Å²) in [7, 11) is 2.09. The zero-order chi connectivity index (χ0) is 13.0. The van der Waals surface area contributed by atoms with Crippen LogP contribution in [-0.4, -0.2) is 24.4 Å². The third kappa shape index (κ3) is 3.31. The van der Waals surface area contributed by atoms with Gasteiger partial charge in [0.15, 0.2) is 5.78 Å². The number of anilines is 1. The Hall–Kier alpha value is -1.38. The summed E-state index contributed by atoms with van der Waals surface area (Å²) in [5, 5.41) is 0. The fourth-order valence-electron chi connectivity index (χ4n) is 2.67. The zero-order valence-electron chi connectivity index (χ0n) is 11.4. The monoisotopic (exact) mass is 246 g/mol. The standard InChI is InChI=1S/C15H22N2O/c1-12(18)14-8-9-15(16-10-14)17(2)11-13-6-4-3-5-7-13/h8-10,13H,3-7,11H2,1-2H3. The highest BCUT2D eigenvalue weighted by Crippen LogP contribution is 2.25. The third-order valence-corrected chi connectivity index (χ3v) is 3.80. The zero-order valence-corrected chi connectivity index (χ0v) is 11.4. The van der Waals surface area contributed by atoms with Crippen molar-refractivity contribution in [1.82, 2.24) is 4.98 Å². The van der Waals surface area contributed by atoms with E-state index in [9.17, 15) is 4.79 Å². The number of carbonyl (C=O) groups excluding carboxylic acids is 1. The van der Waals surface area contributed by atoms with Crippen LogP contribution in [0, 0.1) is 5.92 Å². The Bertz CT molecular complexity index is 393. The van der Waals surface area contributed by atoms with Crippen LogP contribution in [-0.2, 0) is 0 Å². The van der Waals surface area contributed by atoms with E-state index in [2.05, 4.69) is 16.9 Å². The minimum absolute atomic E-state index is 0.0731. The SMILES string of the molecule is CC(=O)c1ccc(N(C)CC2CCCCC2)nc1. The van der Waals surface area contributed by atoms with Crippen molar-refractivity contribution in [3.63, 3.8) is 0 Å². The number of Topliss-reactive ketones (excluding diaryl/α,β-unsaturated/α-hetero) is 1. The van der Waals surface area contributed by atoms with Crippen LogP contribution in [0.2, 0.25) is 0 Å². The van der Waals surface area contributed by atoms with Crippen molar-refractivity contribution >= 4 is 11.6 Å². The van der Waals surface area contributed by atoms with E-state index in [0.29, 0.717) is 5.56 Å². The summed E-state index contributed by atoms with van der Waals surface area (Å²) < 4.78 is 0. The summed E-state index contributed by atoms with van der Waals surface area (Å²) in [6, 6.07) is 3.81. The molecule has 0 amide bonds. The average molecular weight is 246 g/mol. The normalized spacial score (nSPS) is 16.6. The van der Waals surface area contributed by atoms with Gasteiger partial charge in [-0.15, -0.1) is 0 Å². The fraction of sp³-hybridized carbons (Fsp3) is 0.600. The maximum absolute atomic E-state index is 11.2. The van der Waals surface area contributed by atoms with Crippen molar-refractivity contribution in [3.8, 4) is 0 Å². The quantitative estimate of drug-likeness (QED) is 0.764. The second kappa shape index (κ2) is 5.98. The van der Waals surface area contributed by atoms with Gasteiger partial charge in [-0.2, -0.15) is 0 Å². The molecule has 0 unspecified atom stereocenters. The minimum atomic E-state index is 0.0731. The molecular weight excluding hydrogens is 224 g/mol. The number of carbonyl (C=O) groups is 1. The van der Waals surface area contributed by atoms with Gasteiger partial charge in [-0.05, 0) is 37.8 Å². The highest BCUT2D eigenvalue weighted by atomic mass is 16.1. The molecule has 0 spiro atoms. The van der Waals surface area contributed by atoms with Crippen LogP contribution in [0.4, 0.5) is 5.82 Å². The molecule has 1 heterocycles. The van der Waals surface area contributed by atoms with Gasteiger partial charge >= 0.3 is 0 Å². The van der Waals surface area contributed by atoms with Gasteiger partial charge in [-0.25, -0.2) is 4.98 Å². The first-order valence-corrected chi connectivity index (χ1v) is 6.85. The van der Waals surface area contributed by atoms with Crippen molar-refractivity contribution < 1.29 is 4.79 Å². The van der Waals surface area contributed by atoms with Gasteiger partial charge < -0.3 is 4.90 Å². The van der Waals surface area contributed by atoms with Crippen LogP contribution in [0.1, 0.15) is 49.4 Å². The smallest absolute Gasteiger partial charge is 0.161 e. The van der Waals surface area contributed by atoms with Gasteiger partial charge in [-0.1, -0.05) is 19.3 Å². The molecule has 0 bridgehead atoms. The van der Waals surface area contributed by atoms with Crippen LogP contribution in [0.15, 0.2) is 18.3 Å². The summed E-state index contributed by atoms with van der Waals surface area (Å²) in [6.45, 7) is 2.65. The van der Waals surface area contributed by atoms with Crippen LogP contribution in [0.3, 0.4) is 0 Å². The Morgan fingerprint density at radius 2 is 2.06 bits per heavy atom. The van der Waals surface area contributed by atoms with Gasteiger partial charge in [0.1, 0.15) is 5.82 Å². The van der Waals surface area contributed by atoms with Gasteiger partial charge in [0, 0.05) is 25.4 Å². The molecule has 1 aliphatic rings. The van der Waals surface area contributed by atoms with Crippen LogP contribution < -0.4 is 4.90 Å². The lowest BCUT2D eigenvalue weighted by molar-refractivity contribution is 0.101. The highest BCUT2D eigenvalue weighted by molar-refractivity contribution is 5.93. The number of hydrogen-bond donors (Lipinski definition) is 0. The predicted molar refractivity (Wildman–Crippen MR) is 74.1 cm³/mol. The number of ketones is 1. The molecular formula is C15H22N2O. The molecule has 1 saturated carbocycles. The fourth-order valence-corrected chi connectivity index (χ4v) is 2.67. The molecule has 18 heavy (non-hydrogen) atoms. The van der Waals surface area contributed by atoms with Crippen molar-refractivity contribution in [2.75, 3.05) is 18.5 Å². The molecule has 0 aromatic carbocycles. The molecule has 0 aliphatic heterocycles. The van der Waals surface area contributed by atoms with E-state index in [1.165, 1.54) is 32.1 Å². The molecule has 1 aliphatic carbocycles. The van der Waals surface area contributed by atoms with E-state index < -0.39 is 0 Å². The number of pyridine rings is 1. The molecule has 0 saturated heterocycles. The first-order valence-electron chi connectivity index (χ1n) is 6.85. The molecule has 0 radical (unpaired) electrons. The van der Waals surface area contributed by atoms with E-state index in [1.54, 1.807) is 13.1 Å². The first-order chi connectivity index (χ1) is 8.66. The lowest BCUT2D eigenvalue weighted by atomic mass is 9.89. The molecule has 3 nitrogen and oxygen atoms in total. The van der Waals surface area contributed by atoms with Crippen LogP contribution in [0.25, 0.3) is 0 Å². The predicted octanol–water partition coefficient (Wildman–Crippen LogP) is 3.30. The summed E-state index contributed by atoms with van der Waals surface area (Å²) in [5.74, 6) is 1.84. The molecule has 1 aromatic rings. The van der Waals surface area contributed by atoms with Crippen LogP contribution >= 0.6 is 0 Å². The van der Waals surface area contributed by atoms with E-state index in [4.69, 9.17) is 0 Å². The number of rotatable bonds is 4. The average Bonchev–Trinajstić information content (AvgIpc) is 2.40. The molecule has 98 valence electrons. The Balaban J connectivity index is 1.95. The van der Waals surface area contributed by atoms with Gasteiger partial charge in [-0.3, -0.25) is 4.79 Å². The molecule has 1 aromatic heterocycles. The lowest BCUT2D eigenvalue weighted by Gasteiger charge is -2.27. The van der Waals surface area contributed by atoms with Gasteiger partial charge in [0.2, 0.25) is 0 Å². The highest BCUT2D eigenvalue weighted by Gasteiger charge is 2.16. The summed E-state index contributed by atoms with van der Waals surface area (Å²) in [6.07, 6.45) is 8.50. The first kappa shape index (κ1) is 13.1. The third-order valence-electron chi connectivity index (χ3n) is 3.80. The molecule has 0 N–H and O–H groups in total. The maximum atomic E-state index is 11.2. The van der Waals surface area contributed by atoms with E-state index in [0.717, 1.165) is 18.3 Å². The number of aromatic nitrogens is 1. The van der Waals surface area contributed by atoms with Crippen molar-refractivity contribution in [1.29, 1.82) is 0 Å². The number of nitrogens with zero attached hydrogens (tertiary/aromatic N) is 2. The Kier molecular flexibility index (Phi) is 4.34. The summed E-state index contributed by atoms with van der Waals surface area (Å²) >= 11 is 0. The van der Waals surface area contributed by atoms with Gasteiger partial charge in [0.05, 0.1) is 0 Å². The van der Waals surface area contributed by atoms with Crippen molar-refractivity contribution in [2.24, 2.45) is 5.92 Å². The molecule has 1 fully saturated rings. The van der Waals surface area contributed by atoms with Crippen molar-refractivity contribution in [2.45, 2.75) is 39.0 Å². The lowest BCUT2D eigenvalue weighted by Crippen LogP contribution is -2.27. The Labute approximate surface area is 109 Å². The molecule has 2 rings (SSSR count). The van der Waals surface area contributed by atoms with E-state index >= 15 is 0 Å². The topological polar surface area (TPSA) is 33.2 Å². The maximum Gasteiger partial charge on any atom is 0.161 e.